The summed E-state index contributed by atoms with van der Waals surface area (Å²) >= 11 is 4.68. The minimum absolute atomic E-state index is 0.271. The monoisotopic (exact) mass is 391 g/mol. The van der Waals surface area contributed by atoms with Crippen molar-refractivity contribution in [2.45, 2.75) is 0 Å². The highest BCUT2D eigenvalue weighted by Crippen LogP contribution is 2.29. The number of benzene rings is 2. The van der Waals surface area contributed by atoms with Crippen molar-refractivity contribution in [3.63, 3.8) is 0 Å². The molecule has 1 aromatic heterocycles. The minimum atomic E-state index is -0.447. The molecule has 0 radical (unpaired) electrons. The molecule has 2 aromatic carbocycles. The summed E-state index contributed by atoms with van der Waals surface area (Å²) in [5.74, 6) is -0.778. The van der Waals surface area contributed by atoms with Gasteiger partial charge in [-0.3, -0.25) is 9.69 Å². The molecule has 0 unspecified atom stereocenters. The maximum Gasteiger partial charge on any atom is 0.259 e. The van der Waals surface area contributed by atoms with E-state index in [4.69, 9.17) is 0 Å². The molecular formula is C16H11BrFN3OS. The van der Waals surface area contributed by atoms with Gasteiger partial charge in [0.2, 0.25) is 5.13 Å². The number of hydrogen-bond acceptors (Lipinski definition) is 4. The van der Waals surface area contributed by atoms with E-state index in [0.29, 0.717) is 10.1 Å². The Balaban J connectivity index is 1.84. The lowest BCUT2D eigenvalue weighted by molar-refractivity contribution is 0.0992. The lowest BCUT2D eigenvalue weighted by Crippen LogP contribution is -2.26. The van der Waals surface area contributed by atoms with Crippen molar-refractivity contribution < 1.29 is 9.18 Å². The molecule has 1 heterocycles. The number of aromatic nitrogens is 2. The Kier molecular flexibility index (Phi) is 4.49. The van der Waals surface area contributed by atoms with Crippen molar-refractivity contribution in [1.29, 1.82) is 0 Å². The van der Waals surface area contributed by atoms with Gasteiger partial charge in [-0.1, -0.05) is 45.5 Å². The first-order valence-corrected chi connectivity index (χ1v) is 8.28. The Morgan fingerprint density at radius 2 is 1.91 bits per heavy atom. The molecule has 23 heavy (non-hydrogen) atoms. The number of rotatable bonds is 3. The smallest absolute Gasteiger partial charge is 0.259 e. The Hall–Kier alpha value is -2.12. The van der Waals surface area contributed by atoms with Gasteiger partial charge in [-0.25, -0.2) is 4.39 Å². The van der Waals surface area contributed by atoms with Crippen LogP contribution < -0.4 is 4.90 Å². The molecule has 0 bridgehead atoms. The third-order valence-corrected chi connectivity index (χ3v) is 4.75. The Labute approximate surface area is 144 Å². The van der Waals surface area contributed by atoms with Crippen molar-refractivity contribution in [1.82, 2.24) is 10.2 Å². The van der Waals surface area contributed by atoms with Crippen molar-refractivity contribution in [3.05, 3.63) is 64.4 Å². The fraction of sp³-hybridized carbons (Fsp3) is 0.0625. The van der Waals surface area contributed by atoms with Gasteiger partial charge in [-0.15, -0.1) is 10.2 Å². The molecule has 0 aliphatic carbocycles. The first-order chi connectivity index (χ1) is 11.0. The van der Waals surface area contributed by atoms with E-state index in [1.54, 1.807) is 13.1 Å². The summed E-state index contributed by atoms with van der Waals surface area (Å²) in [5, 5.41) is 9.34. The highest BCUT2D eigenvalue weighted by molar-refractivity contribution is 9.10. The van der Waals surface area contributed by atoms with Gasteiger partial charge >= 0.3 is 0 Å². The lowest BCUT2D eigenvalue weighted by Gasteiger charge is -2.12. The highest BCUT2D eigenvalue weighted by Gasteiger charge is 2.18. The number of nitrogens with zero attached hydrogens (tertiary/aromatic N) is 3. The first-order valence-electron chi connectivity index (χ1n) is 6.67. The van der Waals surface area contributed by atoms with E-state index < -0.39 is 5.82 Å². The van der Waals surface area contributed by atoms with Gasteiger partial charge in [0.05, 0.1) is 0 Å². The van der Waals surface area contributed by atoms with Gasteiger partial charge in [0, 0.05) is 22.6 Å². The topological polar surface area (TPSA) is 46.1 Å². The van der Waals surface area contributed by atoms with Gasteiger partial charge in [-0.2, -0.15) is 0 Å². The molecule has 0 saturated carbocycles. The summed E-state index contributed by atoms with van der Waals surface area (Å²) in [6.45, 7) is 0. The molecule has 0 fully saturated rings. The van der Waals surface area contributed by atoms with Gasteiger partial charge in [-0.05, 0) is 30.3 Å². The maximum atomic E-state index is 13.3. The number of hydrogen-bond donors (Lipinski definition) is 0. The average molecular weight is 392 g/mol. The second-order valence-corrected chi connectivity index (χ2v) is 6.64. The SMILES string of the molecule is CN(C(=O)c1cccc(F)c1)c1nnc(-c2ccc(Br)cc2)s1. The number of carbonyl (C=O) groups is 1. The third kappa shape index (κ3) is 3.46. The molecule has 0 atom stereocenters. The molecule has 116 valence electrons. The summed E-state index contributed by atoms with van der Waals surface area (Å²) in [5.41, 5.74) is 1.19. The molecule has 1 amide bonds. The largest absolute Gasteiger partial charge is 0.286 e. The number of halogens is 2. The van der Waals surface area contributed by atoms with Gasteiger partial charge in [0.15, 0.2) is 0 Å². The van der Waals surface area contributed by atoms with E-state index in [2.05, 4.69) is 26.1 Å². The van der Waals surface area contributed by atoms with E-state index in [1.165, 1.54) is 34.4 Å². The Morgan fingerprint density at radius 1 is 1.17 bits per heavy atom. The average Bonchev–Trinajstić information content (AvgIpc) is 3.04. The Bertz CT molecular complexity index is 851. The first kappa shape index (κ1) is 15.8. The summed E-state index contributed by atoms with van der Waals surface area (Å²) in [6.07, 6.45) is 0. The standard InChI is InChI=1S/C16H11BrFN3OS/c1-21(15(22)11-3-2-4-13(18)9-11)16-20-19-14(23-16)10-5-7-12(17)8-6-10/h2-9H,1H3. The predicted molar refractivity (Wildman–Crippen MR) is 92.2 cm³/mol. The van der Waals surface area contributed by atoms with Crippen LogP contribution in [0.4, 0.5) is 9.52 Å². The predicted octanol–water partition coefficient (Wildman–Crippen LogP) is 4.38. The van der Waals surface area contributed by atoms with E-state index >= 15 is 0 Å². The lowest BCUT2D eigenvalue weighted by atomic mass is 10.2. The highest BCUT2D eigenvalue weighted by atomic mass is 79.9. The molecule has 0 aliphatic heterocycles. The minimum Gasteiger partial charge on any atom is -0.286 e. The van der Waals surface area contributed by atoms with Crippen molar-refractivity contribution in [2.75, 3.05) is 11.9 Å². The van der Waals surface area contributed by atoms with Crippen LogP contribution >= 0.6 is 27.3 Å². The van der Waals surface area contributed by atoms with Crippen LogP contribution in [0.1, 0.15) is 10.4 Å². The van der Waals surface area contributed by atoms with E-state index in [9.17, 15) is 9.18 Å². The van der Waals surface area contributed by atoms with Crippen molar-refractivity contribution >= 4 is 38.3 Å². The second-order valence-electron chi connectivity index (χ2n) is 4.77. The molecule has 3 rings (SSSR count). The van der Waals surface area contributed by atoms with Crippen molar-refractivity contribution in [2.24, 2.45) is 0 Å². The second kappa shape index (κ2) is 6.55. The summed E-state index contributed by atoms with van der Waals surface area (Å²) in [6, 6.07) is 13.2. The fourth-order valence-corrected chi connectivity index (χ4v) is 3.04. The van der Waals surface area contributed by atoms with Crippen LogP contribution in [0.2, 0.25) is 0 Å². The van der Waals surface area contributed by atoms with Crippen LogP contribution in [-0.2, 0) is 0 Å². The summed E-state index contributed by atoms with van der Waals surface area (Å²) in [4.78, 5) is 13.7. The molecule has 3 aromatic rings. The third-order valence-electron chi connectivity index (χ3n) is 3.17. The van der Waals surface area contributed by atoms with Gasteiger partial charge in [0.1, 0.15) is 10.8 Å². The van der Waals surface area contributed by atoms with Crippen LogP contribution in [0, 0.1) is 5.82 Å². The van der Waals surface area contributed by atoms with Crippen LogP contribution in [0.15, 0.2) is 53.0 Å². The van der Waals surface area contributed by atoms with E-state index in [-0.39, 0.29) is 11.5 Å². The zero-order valence-electron chi connectivity index (χ0n) is 12.0. The van der Waals surface area contributed by atoms with Gasteiger partial charge < -0.3 is 0 Å². The molecule has 7 heteroatoms. The molecule has 0 spiro atoms. The zero-order valence-corrected chi connectivity index (χ0v) is 14.4. The zero-order chi connectivity index (χ0) is 16.4. The van der Waals surface area contributed by atoms with Crippen LogP contribution in [0.5, 0.6) is 0 Å². The van der Waals surface area contributed by atoms with Gasteiger partial charge in [0.25, 0.3) is 5.91 Å². The molecule has 0 N–H and O–H groups in total. The molecule has 0 saturated heterocycles. The van der Waals surface area contributed by atoms with E-state index in [0.717, 1.165) is 10.0 Å². The van der Waals surface area contributed by atoms with Crippen LogP contribution in [0.25, 0.3) is 10.6 Å². The van der Waals surface area contributed by atoms with Crippen molar-refractivity contribution in [3.8, 4) is 10.6 Å². The fourth-order valence-electron chi connectivity index (χ4n) is 1.96. The number of carbonyl (C=O) groups excluding carboxylic acids is 1. The summed E-state index contributed by atoms with van der Waals surface area (Å²) < 4.78 is 14.2. The molecule has 4 nitrogen and oxygen atoms in total. The van der Waals surface area contributed by atoms with Crippen LogP contribution in [-0.4, -0.2) is 23.2 Å². The Morgan fingerprint density at radius 3 is 2.61 bits per heavy atom. The molecule has 0 aliphatic rings. The molecular weight excluding hydrogens is 381 g/mol. The maximum absolute atomic E-state index is 13.3. The number of anilines is 1. The van der Waals surface area contributed by atoms with E-state index in [1.807, 2.05) is 24.3 Å². The number of amides is 1. The normalized spacial score (nSPS) is 10.6. The summed E-state index contributed by atoms with van der Waals surface area (Å²) in [7, 11) is 1.60. The quantitative estimate of drug-likeness (QED) is 0.665. The van der Waals surface area contributed by atoms with Crippen LogP contribution in [0.3, 0.4) is 0 Å².